The number of nitrogens with one attached hydrogen (secondary N) is 1. The van der Waals surface area contributed by atoms with E-state index in [1.807, 2.05) is 0 Å². The zero-order valence-electron chi connectivity index (χ0n) is 11.0. The molecule has 0 bridgehead atoms. The van der Waals surface area contributed by atoms with E-state index < -0.39 is 10.7 Å². The molecular formula is C13H19FN2O3. The van der Waals surface area contributed by atoms with Gasteiger partial charge < -0.3 is 10.1 Å². The molecule has 0 amide bonds. The third kappa shape index (κ3) is 6.26. The van der Waals surface area contributed by atoms with Gasteiger partial charge >= 0.3 is 0 Å². The van der Waals surface area contributed by atoms with Crippen LogP contribution in [0.15, 0.2) is 18.2 Å². The monoisotopic (exact) mass is 270 g/mol. The van der Waals surface area contributed by atoms with E-state index in [4.69, 9.17) is 4.74 Å². The second kappa shape index (κ2) is 8.55. The summed E-state index contributed by atoms with van der Waals surface area (Å²) in [6.45, 7) is 4.63. The Labute approximate surface area is 111 Å². The molecule has 0 radical (unpaired) electrons. The second-order valence-corrected chi connectivity index (χ2v) is 4.22. The average Bonchev–Trinajstić information content (AvgIpc) is 2.37. The van der Waals surface area contributed by atoms with Crippen molar-refractivity contribution in [1.82, 2.24) is 5.32 Å². The minimum atomic E-state index is -0.592. The SMILES string of the molecule is CCCOCCCNCc1cc(F)cc([N+](=O)[O-])c1. The van der Waals surface area contributed by atoms with E-state index in [0.717, 1.165) is 32.1 Å². The molecule has 106 valence electrons. The van der Waals surface area contributed by atoms with Gasteiger partial charge in [-0.25, -0.2) is 4.39 Å². The minimum Gasteiger partial charge on any atom is -0.381 e. The predicted octanol–water partition coefficient (Wildman–Crippen LogP) is 2.64. The summed E-state index contributed by atoms with van der Waals surface area (Å²) in [5.74, 6) is -0.586. The summed E-state index contributed by atoms with van der Waals surface area (Å²) in [7, 11) is 0. The molecule has 0 saturated heterocycles. The van der Waals surface area contributed by atoms with Crippen LogP contribution in [0.4, 0.5) is 10.1 Å². The highest BCUT2D eigenvalue weighted by atomic mass is 19.1. The van der Waals surface area contributed by atoms with E-state index in [-0.39, 0.29) is 5.69 Å². The highest BCUT2D eigenvalue weighted by molar-refractivity contribution is 5.35. The molecule has 0 aliphatic carbocycles. The maximum atomic E-state index is 13.2. The van der Waals surface area contributed by atoms with Crippen LogP contribution in [0, 0.1) is 15.9 Å². The predicted molar refractivity (Wildman–Crippen MR) is 70.5 cm³/mol. The molecule has 0 heterocycles. The van der Waals surface area contributed by atoms with E-state index >= 15 is 0 Å². The molecule has 0 atom stereocenters. The standard InChI is InChI=1S/C13H19FN2O3/c1-2-5-19-6-3-4-15-10-11-7-12(14)9-13(8-11)16(17)18/h7-9,15H,2-6,10H2,1H3. The molecule has 5 nitrogen and oxygen atoms in total. The van der Waals surface area contributed by atoms with Gasteiger partial charge in [0.2, 0.25) is 0 Å². The maximum absolute atomic E-state index is 13.2. The average molecular weight is 270 g/mol. The van der Waals surface area contributed by atoms with Gasteiger partial charge in [0.25, 0.3) is 5.69 Å². The van der Waals surface area contributed by atoms with Crippen molar-refractivity contribution in [2.45, 2.75) is 26.3 Å². The summed E-state index contributed by atoms with van der Waals surface area (Å²) >= 11 is 0. The first kappa shape index (κ1) is 15.5. The maximum Gasteiger partial charge on any atom is 0.272 e. The Kier molecular flexibility index (Phi) is 6.99. The van der Waals surface area contributed by atoms with Crippen LogP contribution in [0.25, 0.3) is 0 Å². The van der Waals surface area contributed by atoms with Crippen molar-refractivity contribution >= 4 is 5.69 Å². The van der Waals surface area contributed by atoms with Gasteiger partial charge in [-0.3, -0.25) is 10.1 Å². The largest absolute Gasteiger partial charge is 0.381 e. The highest BCUT2D eigenvalue weighted by Gasteiger charge is 2.09. The second-order valence-electron chi connectivity index (χ2n) is 4.22. The molecule has 0 aliphatic heterocycles. The lowest BCUT2D eigenvalue weighted by molar-refractivity contribution is -0.385. The first-order valence-corrected chi connectivity index (χ1v) is 6.35. The van der Waals surface area contributed by atoms with Crippen LogP contribution in [0.5, 0.6) is 0 Å². The van der Waals surface area contributed by atoms with E-state index in [0.29, 0.717) is 18.7 Å². The van der Waals surface area contributed by atoms with Gasteiger partial charge in [-0.15, -0.1) is 0 Å². The number of benzene rings is 1. The molecule has 0 aliphatic rings. The lowest BCUT2D eigenvalue weighted by Gasteiger charge is -2.06. The summed E-state index contributed by atoms with van der Waals surface area (Å²) in [5, 5.41) is 13.7. The Morgan fingerprint density at radius 3 is 2.84 bits per heavy atom. The van der Waals surface area contributed by atoms with Crippen molar-refractivity contribution in [2.75, 3.05) is 19.8 Å². The highest BCUT2D eigenvalue weighted by Crippen LogP contribution is 2.16. The molecule has 0 unspecified atom stereocenters. The van der Waals surface area contributed by atoms with Crippen LogP contribution < -0.4 is 5.32 Å². The van der Waals surface area contributed by atoms with Crippen LogP contribution >= 0.6 is 0 Å². The van der Waals surface area contributed by atoms with Gasteiger partial charge in [-0.05, 0) is 31.0 Å². The van der Waals surface area contributed by atoms with E-state index in [2.05, 4.69) is 12.2 Å². The fraction of sp³-hybridized carbons (Fsp3) is 0.538. The Balaban J connectivity index is 2.31. The van der Waals surface area contributed by atoms with Crippen LogP contribution in [0.2, 0.25) is 0 Å². The fourth-order valence-electron chi connectivity index (χ4n) is 1.62. The zero-order chi connectivity index (χ0) is 14.1. The van der Waals surface area contributed by atoms with Crippen molar-refractivity contribution < 1.29 is 14.1 Å². The third-order valence-electron chi connectivity index (χ3n) is 2.47. The summed E-state index contributed by atoms with van der Waals surface area (Å²) in [4.78, 5) is 9.99. The van der Waals surface area contributed by atoms with Crippen molar-refractivity contribution in [3.05, 3.63) is 39.7 Å². The van der Waals surface area contributed by atoms with Crippen LogP contribution in [0.3, 0.4) is 0 Å². The van der Waals surface area contributed by atoms with E-state index in [1.54, 1.807) is 0 Å². The number of nitro benzene ring substituents is 1. The third-order valence-corrected chi connectivity index (χ3v) is 2.47. The quantitative estimate of drug-likeness (QED) is 0.425. The number of ether oxygens (including phenoxy) is 1. The molecule has 0 fully saturated rings. The van der Waals surface area contributed by atoms with Gasteiger partial charge in [0.1, 0.15) is 5.82 Å². The molecule has 0 aromatic heterocycles. The molecule has 1 N–H and O–H groups in total. The molecule has 0 saturated carbocycles. The lowest BCUT2D eigenvalue weighted by Crippen LogP contribution is -2.16. The van der Waals surface area contributed by atoms with Gasteiger partial charge in [0.15, 0.2) is 0 Å². The number of nitrogens with zero attached hydrogens (tertiary/aromatic N) is 1. The van der Waals surface area contributed by atoms with Gasteiger partial charge in [-0.2, -0.15) is 0 Å². The Hall–Kier alpha value is -1.53. The smallest absolute Gasteiger partial charge is 0.272 e. The molecule has 6 heteroatoms. The van der Waals surface area contributed by atoms with Crippen molar-refractivity contribution in [2.24, 2.45) is 0 Å². The number of rotatable bonds is 9. The van der Waals surface area contributed by atoms with Crippen molar-refractivity contribution in [3.8, 4) is 0 Å². The van der Waals surface area contributed by atoms with Crippen LogP contribution in [0.1, 0.15) is 25.3 Å². The summed E-state index contributed by atoms with van der Waals surface area (Å²) in [6, 6.07) is 3.60. The van der Waals surface area contributed by atoms with Gasteiger partial charge in [0.05, 0.1) is 11.0 Å². The molecule has 1 aromatic carbocycles. The molecule has 1 rings (SSSR count). The van der Waals surface area contributed by atoms with Crippen molar-refractivity contribution in [3.63, 3.8) is 0 Å². The number of hydrogen-bond acceptors (Lipinski definition) is 4. The van der Waals surface area contributed by atoms with E-state index in [1.165, 1.54) is 12.1 Å². The fourth-order valence-corrected chi connectivity index (χ4v) is 1.62. The van der Waals surface area contributed by atoms with Crippen LogP contribution in [-0.4, -0.2) is 24.7 Å². The Morgan fingerprint density at radius 1 is 1.37 bits per heavy atom. The zero-order valence-corrected chi connectivity index (χ0v) is 11.0. The van der Waals surface area contributed by atoms with Crippen LogP contribution in [-0.2, 0) is 11.3 Å². The topological polar surface area (TPSA) is 64.4 Å². The number of non-ortho nitro benzene ring substituents is 1. The first-order chi connectivity index (χ1) is 9.13. The van der Waals surface area contributed by atoms with Gasteiger partial charge in [-0.1, -0.05) is 6.92 Å². The number of halogens is 1. The molecule has 0 spiro atoms. The van der Waals surface area contributed by atoms with Crippen molar-refractivity contribution in [1.29, 1.82) is 0 Å². The Morgan fingerprint density at radius 2 is 2.16 bits per heavy atom. The van der Waals surface area contributed by atoms with Gasteiger partial charge in [0, 0.05) is 25.8 Å². The Bertz CT molecular complexity index is 413. The number of hydrogen-bond donors (Lipinski definition) is 1. The molecule has 1 aromatic rings. The normalized spacial score (nSPS) is 10.6. The number of nitro groups is 1. The summed E-state index contributed by atoms with van der Waals surface area (Å²) in [6.07, 6.45) is 1.86. The summed E-state index contributed by atoms with van der Waals surface area (Å²) < 4.78 is 18.5. The molecular weight excluding hydrogens is 251 g/mol. The molecule has 19 heavy (non-hydrogen) atoms. The lowest BCUT2D eigenvalue weighted by atomic mass is 10.2. The first-order valence-electron chi connectivity index (χ1n) is 6.35. The summed E-state index contributed by atoms with van der Waals surface area (Å²) in [5.41, 5.74) is 0.351. The minimum absolute atomic E-state index is 0.219. The van der Waals surface area contributed by atoms with E-state index in [9.17, 15) is 14.5 Å².